The zero-order valence-corrected chi connectivity index (χ0v) is 24.3. The van der Waals surface area contributed by atoms with Gasteiger partial charge in [0.05, 0.1) is 25.4 Å². The Kier molecular flexibility index (Phi) is 11.8. The van der Waals surface area contributed by atoms with Gasteiger partial charge in [-0.2, -0.15) is 0 Å². The molecular formula is C24H46O6Si2. The van der Waals surface area contributed by atoms with Crippen LogP contribution in [0.15, 0.2) is 24.3 Å². The maximum absolute atomic E-state index is 12.1. The molecule has 6 nitrogen and oxygen atoms in total. The average Bonchev–Trinajstić information content (AvgIpc) is 2.60. The van der Waals surface area contributed by atoms with Gasteiger partial charge in [0.25, 0.3) is 0 Å². The summed E-state index contributed by atoms with van der Waals surface area (Å²) in [7, 11) is -4.46. The fourth-order valence-corrected chi connectivity index (χ4v) is 4.69. The van der Waals surface area contributed by atoms with E-state index in [9.17, 15) is 9.59 Å². The molecule has 0 spiro atoms. The van der Waals surface area contributed by atoms with Crippen molar-refractivity contribution in [1.82, 2.24) is 0 Å². The third-order valence-corrected chi connectivity index (χ3v) is 15.2. The highest BCUT2D eigenvalue weighted by molar-refractivity contribution is 6.74. The third-order valence-electron chi connectivity index (χ3n) is 6.21. The Morgan fingerprint density at radius 1 is 0.688 bits per heavy atom. The van der Waals surface area contributed by atoms with E-state index in [-0.39, 0.29) is 10.1 Å². The molecule has 0 bridgehead atoms. The molecular weight excluding hydrogens is 440 g/mol. The molecule has 186 valence electrons. The molecule has 0 heterocycles. The van der Waals surface area contributed by atoms with Crippen molar-refractivity contribution in [3.8, 4) is 0 Å². The highest BCUT2D eigenvalue weighted by atomic mass is 28.4. The fourth-order valence-electron chi connectivity index (χ4n) is 2.19. The van der Waals surface area contributed by atoms with Crippen LogP contribution in [0.3, 0.4) is 0 Å². The summed E-state index contributed by atoms with van der Waals surface area (Å²) in [6, 6.07) is 0. The van der Waals surface area contributed by atoms with Crippen molar-refractivity contribution in [2.45, 2.75) is 104 Å². The summed E-state index contributed by atoms with van der Waals surface area (Å²) in [6.45, 7) is 25.7. The van der Waals surface area contributed by atoms with Crippen LogP contribution in [-0.2, 0) is 27.9 Å². The van der Waals surface area contributed by atoms with Gasteiger partial charge in [-0.1, -0.05) is 41.5 Å². The van der Waals surface area contributed by atoms with E-state index in [1.54, 1.807) is 26.0 Å². The van der Waals surface area contributed by atoms with Crippen molar-refractivity contribution in [2.24, 2.45) is 0 Å². The lowest BCUT2D eigenvalue weighted by Crippen LogP contribution is -2.51. The first-order valence-electron chi connectivity index (χ1n) is 11.4. The Bertz CT molecular complexity index is 611. The lowest BCUT2D eigenvalue weighted by Gasteiger charge is -2.43. The van der Waals surface area contributed by atoms with Gasteiger partial charge in [-0.25, -0.2) is 9.59 Å². The van der Waals surface area contributed by atoms with Crippen molar-refractivity contribution in [3.05, 3.63) is 24.3 Å². The summed E-state index contributed by atoms with van der Waals surface area (Å²) in [5.41, 5.74) is 0. The number of hydrogen-bond donors (Lipinski definition) is 0. The first-order chi connectivity index (χ1) is 14.4. The first-order valence-corrected chi connectivity index (χ1v) is 17.2. The molecule has 0 N–H and O–H groups in total. The predicted molar refractivity (Wildman–Crippen MR) is 136 cm³/mol. The van der Waals surface area contributed by atoms with Gasteiger partial charge in [-0.15, -0.1) is 0 Å². The molecule has 0 amide bonds. The van der Waals surface area contributed by atoms with Crippen LogP contribution in [0.25, 0.3) is 0 Å². The molecule has 0 fully saturated rings. The minimum absolute atomic E-state index is 0.0462. The molecule has 0 rings (SSSR count). The lowest BCUT2D eigenvalue weighted by molar-refractivity contribution is -0.138. The molecule has 0 aliphatic heterocycles. The maximum atomic E-state index is 12.1. The van der Waals surface area contributed by atoms with Crippen LogP contribution in [0.5, 0.6) is 0 Å². The summed E-state index contributed by atoms with van der Waals surface area (Å²) in [5.74, 6) is -0.867. The second-order valence-electron chi connectivity index (χ2n) is 10.9. The summed E-state index contributed by atoms with van der Waals surface area (Å²) in [5, 5.41) is -0.0925. The van der Waals surface area contributed by atoms with Crippen LogP contribution >= 0.6 is 0 Å². The summed E-state index contributed by atoms with van der Waals surface area (Å²) < 4.78 is 23.5. The monoisotopic (exact) mass is 486 g/mol. The standard InChI is InChI=1S/C24H46O6Si2/c1-13-27-21(25)17-15-19(29-31(9,10)23(3,4)5)20(16-18-22(26)28-14-2)30-32(11,12)24(6,7)8/h15-20H,13-14H2,1-12H3/b17-15-,18-16+/t19-,20-/m0/s1. The van der Waals surface area contributed by atoms with E-state index in [2.05, 4.69) is 67.7 Å². The van der Waals surface area contributed by atoms with Gasteiger partial charge in [0, 0.05) is 12.2 Å². The summed E-state index contributed by atoms with van der Waals surface area (Å²) >= 11 is 0. The van der Waals surface area contributed by atoms with Crippen molar-refractivity contribution >= 4 is 28.6 Å². The average molecular weight is 487 g/mol. The molecule has 0 aliphatic carbocycles. The lowest BCUT2D eigenvalue weighted by atomic mass is 10.2. The Labute approximate surface area is 198 Å². The van der Waals surface area contributed by atoms with Gasteiger partial charge in [0.1, 0.15) is 0 Å². The van der Waals surface area contributed by atoms with Crippen LogP contribution < -0.4 is 0 Å². The van der Waals surface area contributed by atoms with E-state index < -0.39 is 40.8 Å². The number of hydrogen-bond acceptors (Lipinski definition) is 6. The second kappa shape index (κ2) is 12.3. The van der Waals surface area contributed by atoms with Gasteiger partial charge >= 0.3 is 11.9 Å². The van der Waals surface area contributed by atoms with E-state index in [1.165, 1.54) is 12.2 Å². The van der Waals surface area contributed by atoms with Gasteiger partial charge in [0.15, 0.2) is 16.6 Å². The maximum Gasteiger partial charge on any atom is 0.330 e. The molecule has 2 atom stereocenters. The molecule has 0 aromatic rings. The largest absolute Gasteiger partial charge is 0.463 e. The highest BCUT2D eigenvalue weighted by Gasteiger charge is 2.43. The number of carbonyl (C=O) groups is 2. The van der Waals surface area contributed by atoms with Crippen LogP contribution in [0.1, 0.15) is 55.4 Å². The van der Waals surface area contributed by atoms with E-state index >= 15 is 0 Å². The highest BCUT2D eigenvalue weighted by Crippen LogP contribution is 2.40. The van der Waals surface area contributed by atoms with Gasteiger partial charge in [0.2, 0.25) is 0 Å². The van der Waals surface area contributed by atoms with Crippen LogP contribution in [-0.4, -0.2) is 54.0 Å². The molecule has 0 saturated heterocycles. The zero-order chi connectivity index (χ0) is 25.4. The Morgan fingerprint density at radius 3 is 1.19 bits per heavy atom. The molecule has 0 aromatic heterocycles. The van der Waals surface area contributed by atoms with E-state index in [0.29, 0.717) is 13.2 Å². The zero-order valence-electron chi connectivity index (χ0n) is 22.3. The topological polar surface area (TPSA) is 71.1 Å². The summed E-state index contributed by atoms with van der Waals surface area (Å²) in [6.07, 6.45) is 5.07. The SMILES string of the molecule is CCOC(=O)/C=C\[C@H](O[Si](C)(C)C(C)(C)C)[C@H](/C=C/C(=O)OCC)O[Si](C)(C)C(C)(C)C. The molecule has 8 heteroatoms. The molecule has 32 heavy (non-hydrogen) atoms. The minimum atomic E-state index is -2.23. The van der Waals surface area contributed by atoms with Crippen molar-refractivity contribution < 1.29 is 27.9 Å². The molecule has 0 saturated carbocycles. The Hall–Kier alpha value is -1.23. The number of rotatable bonds is 11. The first kappa shape index (κ1) is 30.8. The van der Waals surface area contributed by atoms with Crippen molar-refractivity contribution in [3.63, 3.8) is 0 Å². The quantitative estimate of drug-likeness (QED) is 0.202. The van der Waals surface area contributed by atoms with E-state index in [4.69, 9.17) is 18.3 Å². The van der Waals surface area contributed by atoms with Crippen LogP contribution in [0.4, 0.5) is 0 Å². The Balaban J connectivity index is 6.32. The minimum Gasteiger partial charge on any atom is -0.463 e. The van der Waals surface area contributed by atoms with E-state index in [0.717, 1.165) is 0 Å². The molecule has 0 radical (unpaired) electrons. The summed E-state index contributed by atoms with van der Waals surface area (Å²) in [4.78, 5) is 24.1. The Morgan fingerprint density at radius 2 is 0.969 bits per heavy atom. The second-order valence-corrected chi connectivity index (χ2v) is 20.4. The third kappa shape index (κ3) is 10.1. The number of carbonyl (C=O) groups excluding carboxylic acids is 2. The van der Waals surface area contributed by atoms with Gasteiger partial charge in [-0.3, -0.25) is 0 Å². The molecule has 0 aromatic carbocycles. The van der Waals surface area contributed by atoms with Crippen LogP contribution in [0, 0.1) is 0 Å². The van der Waals surface area contributed by atoms with Crippen LogP contribution in [0.2, 0.25) is 36.3 Å². The number of ether oxygens (including phenoxy) is 2. The fraction of sp³-hybridized carbons (Fsp3) is 0.750. The van der Waals surface area contributed by atoms with Gasteiger partial charge < -0.3 is 18.3 Å². The number of esters is 2. The smallest absolute Gasteiger partial charge is 0.330 e. The van der Waals surface area contributed by atoms with Gasteiger partial charge in [-0.05, 0) is 62.3 Å². The normalized spacial score (nSPS) is 15.8. The predicted octanol–water partition coefficient (Wildman–Crippen LogP) is 6.01. The molecule has 0 aliphatic rings. The molecule has 0 unspecified atom stereocenters. The van der Waals surface area contributed by atoms with Crippen molar-refractivity contribution in [1.29, 1.82) is 0 Å². The van der Waals surface area contributed by atoms with E-state index in [1.807, 2.05) is 0 Å². The van der Waals surface area contributed by atoms with Crippen molar-refractivity contribution in [2.75, 3.05) is 13.2 Å².